The van der Waals surface area contributed by atoms with Gasteiger partial charge in [0.25, 0.3) is 0 Å². The van der Waals surface area contributed by atoms with Crippen molar-refractivity contribution >= 4 is 35.1 Å². The second-order valence-electron chi connectivity index (χ2n) is 4.09. The Kier molecular flexibility index (Phi) is 8.05. The van der Waals surface area contributed by atoms with Crippen LogP contribution in [0.4, 0.5) is 4.79 Å². The summed E-state index contributed by atoms with van der Waals surface area (Å²) < 4.78 is 0. The molecule has 0 aliphatic carbocycles. The van der Waals surface area contributed by atoms with Gasteiger partial charge in [-0.25, -0.2) is 14.6 Å². The normalized spacial score (nSPS) is 10.2. The molecule has 0 atom stereocenters. The number of carboxylic acid groups (broad SMARTS) is 1. The zero-order valence-electron chi connectivity index (χ0n) is 11.3. The van der Waals surface area contributed by atoms with Gasteiger partial charge in [-0.15, -0.1) is 11.3 Å². The molecule has 2 amide bonds. The molecule has 0 fully saturated rings. The summed E-state index contributed by atoms with van der Waals surface area (Å²) in [5.74, 6) is 0.101. The number of carbonyl (C=O) groups excluding carboxylic acids is 1. The first kappa shape index (κ1) is 16.8. The lowest BCUT2D eigenvalue weighted by Gasteiger charge is -2.06. The minimum absolute atomic E-state index is 0.0148. The predicted molar refractivity (Wildman–Crippen MR) is 81.5 cm³/mol. The van der Waals surface area contributed by atoms with Crippen LogP contribution in [0.15, 0.2) is 5.38 Å². The Morgan fingerprint density at radius 2 is 2.15 bits per heavy atom. The summed E-state index contributed by atoms with van der Waals surface area (Å²) in [6.45, 7) is 0.898. The van der Waals surface area contributed by atoms with Crippen molar-refractivity contribution in [2.24, 2.45) is 0 Å². The first-order valence-electron chi connectivity index (χ1n) is 6.32. The highest BCUT2D eigenvalue weighted by molar-refractivity contribution is 7.98. The highest BCUT2D eigenvalue weighted by Gasteiger charge is 2.09. The molecule has 0 spiro atoms. The third kappa shape index (κ3) is 6.76. The van der Waals surface area contributed by atoms with Crippen molar-refractivity contribution < 1.29 is 14.7 Å². The lowest BCUT2D eigenvalue weighted by Crippen LogP contribution is -2.35. The molecule has 1 aromatic heterocycles. The molecule has 0 aliphatic rings. The molecule has 1 aromatic rings. The van der Waals surface area contributed by atoms with Crippen LogP contribution in [0.25, 0.3) is 0 Å². The quantitative estimate of drug-likeness (QED) is 0.607. The Morgan fingerprint density at radius 1 is 1.35 bits per heavy atom. The van der Waals surface area contributed by atoms with Crippen LogP contribution in [0.1, 0.15) is 34.8 Å². The Hall–Kier alpha value is -1.28. The fourth-order valence-corrected chi connectivity index (χ4v) is 2.66. The van der Waals surface area contributed by atoms with E-state index in [1.54, 1.807) is 0 Å². The number of carboxylic acids is 1. The first-order chi connectivity index (χ1) is 9.63. The van der Waals surface area contributed by atoms with E-state index in [2.05, 4.69) is 21.9 Å². The molecular weight excluding hydrogens is 298 g/mol. The number of nitrogens with one attached hydrogen (secondary N) is 2. The summed E-state index contributed by atoms with van der Waals surface area (Å²) in [7, 11) is 0. The second-order valence-corrected chi connectivity index (χ2v) is 6.02. The summed E-state index contributed by atoms with van der Waals surface area (Å²) in [6.07, 6.45) is 5.32. The van der Waals surface area contributed by atoms with E-state index in [0.29, 0.717) is 11.6 Å². The average Bonchev–Trinajstić information content (AvgIpc) is 2.89. The monoisotopic (exact) mass is 317 g/mol. The van der Waals surface area contributed by atoms with E-state index in [1.165, 1.54) is 23.1 Å². The fourth-order valence-electron chi connectivity index (χ4n) is 1.46. The third-order valence-electron chi connectivity index (χ3n) is 2.48. The standard InChI is InChI=1S/C12H19N3O3S2/c1-19-6-4-2-3-5-13-12(18)14-7-10-15-9(8-20-10)11(16)17/h8H,2-7H2,1H3,(H,16,17)(H2,13,14,18). The molecule has 0 saturated heterocycles. The molecule has 8 heteroatoms. The number of aromatic carboxylic acids is 1. The molecule has 0 aliphatic heterocycles. The maximum atomic E-state index is 11.5. The highest BCUT2D eigenvalue weighted by Crippen LogP contribution is 2.09. The van der Waals surface area contributed by atoms with E-state index < -0.39 is 5.97 Å². The molecule has 0 bridgehead atoms. The Labute approximate surface area is 126 Å². The molecule has 1 heterocycles. The lowest BCUT2D eigenvalue weighted by molar-refractivity contribution is 0.0691. The summed E-state index contributed by atoms with van der Waals surface area (Å²) in [5.41, 5.74) is 0.0148. The summed E-state index contributed by atoms with van der Waals surface area (Å²) >= 11 is 3.05. The lowest BCUT2D eigenvalue weighted by atomic mass is 10.2. The molecule has 112 valence electrons. The maximum Gasteiger partial charge on any atom is 0.355 e. The summed E-state index contributed by atoms with van der Waals surface area (Å²) in [4.78, 5) is 26.0. The average molecular weight is 317 g/mol. The van der Waals surface area contributed by atoms with Gasteiger partial charge in [-0.05, 0) is 24.9 Å². The van der Waals surface area contributed by atoms with Crippen molar-refractivity contribution in [1.29, 1.82) is 0 Å². The number of unbranched alkanes of at least 4 members (excludes halogenated alkanes) is 2. The fraction of sp³-hybridized carbons (Fsp3) is 0.583. The molecule has 0 unspecified atom stereocenters. The van der Waals surface area contributed by atoms with E-state index in [9.17, 15) is 9.59 Å². The number of carbonyl (C=O) groups is 2. The van der Waals surface area contributed by atoms with Crippen molar-refractivity contribution in [1.82, 2.24) is 15.6 Å². The predicted octanol–water partition coefficient (Wildman–Crippen LogP) is 2.17. The van der Waals surface area contributed by atoms with Gasteiger partial charge in [0, 0.05) is 11.9 Å². The van der Waals surface area contributed by atoms with Gasteiger partial charge in [-0.1, -0.05) is 6.42 Å². The number of aromatic nitrogens is 1. The van der Waals surface area contributed by atoms with Crippen molar-refractivity contribution in [3.05, 3.63) is 16.1 Å². The molecule has 1 rings (SSSR count). The van der Waals surface area contributed by atoms with Crippen molar-refractivity contribution in [2.45, 2.75) is 25.8 Å². The Balaban J connectivity index is 2.11. The Morgan fingerprint density at radius 3 is 2.80 bits per heavy atom. The van der Waals surface area contributed by atoms with Crippen LogP contribution in [-0.2, 0) is 6.54 Å². The summed E-state index contributed by atoms with van der Waals surface area (Å²) in [5, 5.41) is 16.2. The molecule has 6 nitrogen and oxygen atoms in total. The van der Waals surface area contributed by atoms with Gasteiger partial charge in [0.1, 0.15) is 5.01 Å². The van der Waals surface area contributed by atoms with Gasteiger partial charge < -0.3 is 15.7 Å². The van der Waals surface area contributed by atoms with Gasteiger partial charge in [0.15, 0.2) is 5.69 Å². The van der Waals surface area contributed by atoms with Gasteiger partial charge >= 0.3 is 12.0 Å². The third-order valence-corrected chi connectivity index (χ3v) is 4.03. The van der Waals surface area contributed by atoms with Crippen LogP contribution in [0.3, 0.4) is 0 Å². The largest absolute Gasteiger partial charge is 0.476 e. The van der Waals surface area contributed by atoms with Crippen molar-refractivity contribution in [3.8, 4) is 0 Å². The number of hydrogen-bond acceptors (Lipinski definition) is 5. The van der Waals surface area contributed by atoms with E-state index in [-0.39, 0.29) is 18.3 Å². The summed E-state index contributed by atoms with van der Waals surface area (Å²) in [6, 6.07) is -0.248. The Bertz CT molecular complexity index is 437. The number of amides is 2. The SMILES string of the molecule is CSCCCCCNC(=O)NCc1nc(C(=O)O)cs1. The number of rotatable bonds is 9. The molecule has 0 radical (unpaired) electrons. The van der Waals surface area contributed by atoms with Crippen LogP contribution >= 0.6 is 23.1 Å². The zero-order chi connectivity index (χ0) is 14.8. The van der Waals surface area contributed by atoms with Crippen LogP contribution in [0, 0.1) is 0 Å². The van der Waals surface area contributed by atoms with Crippen LogP contribution in [0.5, 0.6) is 0 Å². The minimum atomic E-state index is -1.05. The number of thioether (sulfide) groups is 1. The van der Waals surface area contributed by atoms with E-state index in [0.717, 1.165) is 18.6 Å². The van der Waals surface area contributed by atoms with Gasteiger partial charge in [0.05, 0.1) is 6.54 Å². The molecule has 20 heavy (non-hydrogen) atoms. The van der Waals surface area contributed by atoms with Crippen molar-refractivity contribution in [2.75, 3.05) is 18.6 Å². The van der Waals surface area contributed by atoms with E-state index in [4.69, 9.17) is 5.11 Å². The molecule has 3 N–H and O–H groups in total. The number of urea groups is 1. The highest BCUT2D eigenvalue weighted by atomic mass is 32.2. The van der Waals surface area contributed by atoms with E-state index >= 15 is 0 Å². The maximum absolute atomic E-state index is 11.5. The molecular formula is C12H19N3O3S2. The van der Waals surface area contributed by atoms with Crippen molar-refractivity contribution in [3.63, 3.8) is 0 Å². The number of hydrogen-bond donors (Lipinski definition) is 3. The van der Waals surface area contributed by atoms with E-state index in [1.807, 2.05) is 11.8 Å². The van der Waals surface area contributed by atoms with Gasteiger partial charge in [-0.3, -0.25) is 0 Å². The molecule has 0 saturated carbocycles. The topological polar surface area (TPSA) is 91.3 Å². The number of nitrogens with zero attached hydrogens (tertiary/aromatic N) is 1. The van der Waals surface area contributed by atoms with Gasteiger partial charge in [-0.2, -0.15) is 11.8 Å². The first-order valence-corrected chi connectivity index (χ1v) is 8.59. The smallest absolute Gasteiger partial charge is 0.355 e. The number of thiazole rings is 1. The second kappa shape index (κ2) is 9.60. The zero-order valence-corrected chi connectivity index (χ0v) is 13.0. The van der Waals surface area contributed by atoms with Gasteiger partial charge in [0.2, 0.25) is 0 Å². The minimum Gasteiger partial charge on any atom is -0.476 e. The van der Waals surface area contributed by atoms with Crippen LogP contribution < -0.4 is 10.6 Å². The van der Waals surface area contributed by atoms with Crippen LogP contribution in [-0.4, -0.2) is 40.6 Å². The van der Waals surface area contributed by atoms with Crippen LogP contribution in [0.2, 0.25) is 0 Å². The molecule has 0 aromatic carbocycles.